The van der Waals surface area contributed by atoms with Gasteiger partial charge in [0.2, 0.25) is 5.91 Å². The third kappa shape index (κ3) is 2.06. The number of rotatable bonds is 2. The van der Waals surface area contributed by atoms with Gasteiger partial charge in [0.1, 0.15) is 0 Å². The van der Waals surface area contributed by atoms with Gasteiger partial charge in [0.25, 0.3) is 0 Å². The van der Waals surface area contributed by atoms with Crippen LogP contribution in [0.4, 0.5) is 0 Å². The van der Waals surface area contributed by atoms with Crippen LogP contribution in [-0.4, -0.2) is 38.3 Å². The van der Waals surface area contributed by atoms with Crippen molar-refractivity contribution in [3.05, 3.63) is 17.0 Å². The molecule has 0 atom stereocenters. The SMILES string of the molecule is CCc1nn(C2CC(O)C2)c2c1CN(C(C)=O)CC2. The number of carbonyl (C=O) groups is 1. The zero-order valence-corrected chi connectivity index (χ0v) is 11.6. The van der Waals surface area contributed by atoms with Gasteiger partial charge in [-0.25, -0.2) is 0 Å². The van der Waals surface area contributed by atoms with E-state index in [1.807, 2.05) is 4.90 Å². The molecule has 104 valence electrons. The number of fused-ring (bicyclic) bond motifs is 1. The summed E-state index contributed by atoms with van der Waals surface area (Å²) in [6.07, 6.45) is 3.25. The molecule has 2 heterocycles. The molecule has 1 aromatic rings. The largest absolute Gasteiger partial charge is 0.393 e. The van der Waals surface area contributed by atoms with E-state index >= 15 is 0 Å². The quantitative estimate of drug-likeness (QED) is 0.867. The number of aliphatic hydroxyl groups excluding tert-OH is 1. The summed E-state index contributed by atoms with van der Waals surface area (Å²) in [7, 11) is 0. The van der Waals surface area contributed by atoms with Crippen LogP contribution >= 0.6 is 0 Å². The third-order valence-electron chi connectivity index (χ3n) is 4.38. The molecule has 1 amide bonds. The number of aryl methyl sites for hydroxylation is 1. The molecule has 1 aromatic heterocycles. The molecule has 3 rings (SSSR count). The molecule has 0 aromatic carbocycles. The van der Waals surface area contributed by atoms with Gasteiger partial charge in [-0.1, -0.05) is 6.92 Å². The number of carbonyl (C=O) groups excluding carboxylic acids is 1. The summed E-state index contributed by atoms with van der Waals surface area (Å²) in [5.74, 6) is 0.138. The number of aliphatic hydroxyl groups is 1. The lowest BCUT2D eigenvalue weighted by Crippen LogP contribution is -2.37. The minimum atomic E-state index is -0.160. The Balaban J connectivity index is 1.91. The van der Waals surface area contributed by atoms with Gasteiger partial charge < -0.3 is 10.0 Å². The van der Waals surface area contributed by atoms with Crippen LogP contribution in [0.2, 0.25) is 0 Å². The molecule has 0 spiro atoms. The fourth-order valence-electron chi connectivity index (χ4n) is 3.13. The molecule has 1 N–H and O–H groups in total. The topological polar surface area (TPSA) is 58.4 Å². The highest BCUT2D eigenvalue weighted by Crippen LogP contribution is 2.35. The average molecular weight is 263 g/mol. The lowest BCUT2D eigenvalue weighted by atomic mass is 9.89. The molecular formula is C14H21N3O2. The predicted molar refractivity (Wildman–Crippen MR) is 70.7 cm³/mol. The first-order chi connectivity index (χ1) is 9.10. The van der Waals surface area contributed by atoms with Gasteiger partial charge in [0.05, 0.1) is 17.8 Å². The Bertz CT molecular complexity index is 503. The second-order valence-corrected chi connectivity index (χ2v) is 5.64. The normalized spacial score (nSPS) is 25.9. The maximum absolute atomic E-state index is 11.5. The van der Waals surface area contributed by atoms with Crippen molar-refractivity contribution in [3.8, 4) is 0 Å². The average Bonchev–Trinajstić information content (AvgIpc) is 2.72. The molecular weight excluding hydrogens is 242 g/mol. The Morgan fingerprint density at radius 2 is 2.21 bits per heavy atom. The van der Waals surface area contributed by atoms with E-state index < -0.39 is 0 Å². The molecule has 1 aliphatic carbocycles. The second-order valence-electron chi connectivity index (χ2n) is 5.64. The lowest BCUT2D eigenvalue weighted by Gasteiger charge is -2.34. The van der Waals surface area contributed by atoms with E-state index in [1.165, 1.54) is 11.3 Å². The summed E-state index contributed by atoms with van der Waals surface area (Å²) >= 11 is 0. The Kier molecular flexibility index (Phi) is 3.09. The molecule has 19 heavy (non-hydrogen) atoms. The lowest BCUT2D eigenvalue weighted by molar-refractivity contribution is -0.129. The van der Waals surface area contributed by atoms with Gasteiger partial charge in [-0.05, 0) is 19.3 Å². The molecule has 2 aliphatic rings. The van der Waals surface area contributed by atoms with Crippen LogP contribution in [0.5, 0.6) is 0 Å². The van der Waals surface area contributed by atoms with Crippen molar-refractivity contribution in [2.24, 2.45) is 0 Å². The smallest absolute Gasteiger partial charge is 0.219 e. The van der Waals surface area contributed by atoms with Crippen molar-refractivity contribution in [3.63, 3.8) is 0 Å². The van der Waals surface area contributed by atoms with Gasteiger partial charge in [-0.3, -0.25) is 9.48 Å². The van der Waals surface area contributed by atoms with E-state index in [4.69, 9.17) is 5.10 Å². The fourth-order valence-corrected chi connectivity index (χ4v) is 3.13. The van der Waals surface area contributed by atoms with E-state index in [0.29, 0.717) is 12.6 Å². The first-order valence-electron chi connectivity index (χ1n) is 7.12. The minimum absolute atomic E-state index is 0.138. The molecule has 1 saturated carbocycles. The zero-order valence-electron chi connectivity index (χ0n) is 11.6. The molecule has 0 bridgehead atoms. The van der Waals surface area contributed by atoms with Crippen molar-refractivity contribution in [2.75, 3.05) is 6.54 Å². The van der Waals surface area contributed by atoms with Crippen molar-refractivity contribution < 1.29 is 9.90 Å². The Morgan fingerprint density at radius 1 is 1.47 bits per heavy atom. The second kappa shape index (κ2) is 4.63. The third-order valence-corrected chi connectivity index (χ3v) is 4.38. The van der Waals surface area contributed by atoms with E-state index in [9.17, 15) is 9.90 Å². The van der Waals surface area contributed by atoms with E-state index in [0.717, 1.165) is 37.9 Å². The van der Waals surface area contributed by atoms with Crippen molar-refractivity contribution in [1.82, 2.24) is 14.7 Å². The summed E-state index contributed by atoms with van der Waals surface area (Å²) in [5.41, 5.74) is 3.64. The molecule has 5 nitrogen and oxygen atoms in total. The summed E-state index contributed by atoms with van der Waals surface area (Å²) in [5, 5.41) is 14.2. The summed E-state index contributed by atoms with van der Waals surface area (Å²) in [6, 6.07) is 0.355. The van der Waals surface area contributed by atoms with Crippen molar-refractivity contribution in [2.45, 2.75) is 58.2 Å². The summed E-state index contributed by atoms with van der Waals surface area (Å²) in [4.78, 5) is 13.4. The van der Waals surface area contributed by atoms with Crippen LogP contribution in [0.15, 0.2) is 0 Å². The van der Waals surface area contributed by atoms with Crippen LogP contribution in [0.1, 0.15) is 49.7 Å². The predicted octanol–water partition coefficient (Wildman–Crippen LogP) is 1.05. The number of nitrogens with zero attached hydrogens (tertiary/aromatic N) is 3. The highest BCUT2D eigenvalue weighted by molar-refractivity contribution is 5.73. The highest BCUT2D eigenvalue weighted by Gasteiger charge is 2.34. The number of amides is 1. The van der Waals surface area contributed by atoms with Crippen LogP contribution in [0, 0.1) is 0 Å². The number of aromatic nitrogens is 2. The van der Waals surface area contributed by atoms with Crippen molar-refractivity contribution >= 4 is 5.91 Å². The minimum Gasteiger partial charge on any atom is -0.393 e. The zero-order chi connectivity index (χ0) is 13.6. The number of hydrogen-bond donors (Lipinski definition) is 1. The molecule has 1 aliphatic heterocycles. The van der Waals surface area contributed by atoms with Gasteiger partial charge in [0.15, 0.2) is 0 Å². The monoisotopic (exact) mass is 263 g/mol. The van der Waals surface area contributed by atoms with E-state index in [-0.39, 0.29) is 12.0 Å². The van der Waals surface area contributed by atoms with Crippen LogP contribution in [0.25, 0.3) is 0 Å². The highest BCUT2D eigenvalue weighted by atomic mass is 16.3. The Morgan fingerprint density at radius 3 is 2.79 bits per heavy atom. The molecule has 0 radical (unpaired) electrons. The van der Waals surface area contributed by atoms with Crippen LogP contribution < -0.4 is 0 Å². The molecule has 1 fully saturated rings. The molecule has 0 unspecified atom stereocenters. The Labute approximate surface area is 113 Å². The van der Waals surface area contributed by atoms with E-state index in [2.05, 4.69) is 11.6 Å². The van der Waals surface area contributed by atoms with Gasteiger partial charge in [0, 0.05) is 37.7 Å². The maximum Gasteiger partial charge on any atom is 0.219 e. The van der Waals surface area contributed by atoms with Gasteiger partial charge >= 0.3 is 0 Å². The van der Waals surface area contributed by atoms with Crippen LogP contribution in [-0.2, 0) is 24.2 Å². The summed E-state index contributed by atoms with van der Waals surface area (Å²) < 4.78 is 2.12. The number of hydrogen-bond acceptors (Lipinski definition) is 3. The molecule has 0 saturated heterocycles. The van der Waals surface area contributed by atoms with Gasteiger partial charge in [-0.15, -0.1) is 0 Å². The van der Waals surface area contributed by atoms with Crippen molar-refractivity contribution in [1.29, 1.82) is 0 Å². The van der Waals surface area contributed by atoms with Crippen LogP contribution in [0.3, 0.4) is 0 Å². The first kappa shape index (κ1) is 12.7. The molecule has 5 heteroatoms. The standard InChI is InChI=1S/C14H21N3O2/c1-3-13-12-8-16(9(2)18)5-4-14(12)17(15-13)10-6-11(19)7-10/h10-11,19H,3-8H2,1-2H3. The van der Waals surface area contributed by atoms with Gasteiger partial charge in [-0.2, -0.15) is 5.10 Å². The Hall–Kier alpha value is -1.36. The van der Waals surface area contributed by atoms with E-state index in [1.54, 1.807) is 6.92 Å². The maximum atomic E-state index is 11.5. The summed E-state index contributed by atoms with van der Waals surface area (Å²) in [6.45, 7) is 5.22. The fraction of sp³-hybridized carbons (Fsp3) is 0.714. The first-order valence-corrected chi connectivity index (χ1v) is 7.12.